The zero-order valence-corrected chi connectivity index (χ0v) is 12.0. The van der Waals surface area contributed by atoms with Crippen molar-refractivity contribution in [2.45, 2.75) is 16.0 Å². The van der Waals surface area contributed by atoms with Gasteiger partial charge in [-0.1, -0.05) is 29.4 Å². The van der Waals surface area contributed by atoms with Crippen LogP contribution < -0.4 is 5.73 Å². The summed E-state index contributed by atoms with van der Waals surface area (Å²) in [6.45, 7) is 0. The van der Waals surface area contributed by atoms with Crippen molar-refractivity contribution in [2.24, 2.45) is 0 Å². The summed E-state index contributed by atoms with van der Waals surface area (Å²) >= 11 is 7.09. The molecule has 0 unspecified atom stereocenters. The number of anilines is 1. The first-order valence-corrected chi connectivity index (χ1v) is 6.85. The van der Waals surface area contributed by atoms with Gasteiger partial charge in [-0.15, -0.1) is 0 Å². The number of halogens is 4. The molecule has 7 heteroatoms. The zero-order chi connectivity index (χ0) is 15.6. The Balaban J connectivity index is 2.38. The molecule has 0 saturated carbocycles. The minimum Gasteiger partial charge on any atom is -0.398 e. The lowest BCUT2D eigenvalue weighted by Gasteiger charge is -2.10. The van der Waals surface area contributed by atoms with Gasteiger partial charge in [0.15, 0.2) is 0 Å². The molecule has 0 saturated heterocycles. The van der Waals surface area contributed by atoms with Crippen LogP contribution in [-0.4, -0.2) is 0 Å². The first-order chi connectivity index (χ1) is 9.82. The molecule has 0 bridgehead atoms. The molecule has 2 aromatic carbocycles. The summed E-state index contributed by atoms with van der Waals surface area (Å²) in [6.07, 6.45) is -4.40. The summed E-state index contributed by atoms with van der Waals surface area (Å²) in [5.74, 6) is 0. The maximum atomic E-state index is 12.7. The van der Waals surface area contributed by atoms with Gasteiger partial charge in [-0.05, 0) is 30.3 Å². The van der Waals surface area contributed by atoms with Crippen molar-refractivity contribution in [3.63, 3.8) is 0 Å². The van der Waals surface area contributed by atoms with Crippen LogP contribution in [0.2, 0.25) is 5.02 Å². The second-order valence-electron chi connectivity index (χ2n) is 4.08. The highest BCUT2D eigenvalue weighted by atomic mass is 35.5. The normalized spacial score (nSPS) is 11.2. The average molecular weight is 329 g/mol. The fourth-order valence-electron chi connectivity index (χ4n) is 1.63. The molecule has 21 heavy (non-hydrogen) atoms. The van der Waals surface area contributed by atoms with Gasteiger partial charge in [0, 0.05) is 9.79 Å². The van der Waals surface area contributed by atoms with E-state index in [1.54, 1.807) is 12.1 Å². The standard InChI is InChI=1S/C14H8ClF3N2S/c15-13-10(7-19)11(20)4-5-12(13)21-9-3-1-2-8(6-9)14(16,17)18/h1-6H,20H2. The monoisotopic (exact) mass is 328 g/mol. The molecule has 2 aromatic rings. The second-order valence-corrected chi connectivity index (χ2v) is 5.57. The topological polar surface area (TPSA) is 49.8 Å². The van der Waals surface area contributed by atoms with Gasteiger partial charge in [-0.3, -0.25) is 0 Å². The SMILES string of the molecule is N#Cc1c(N)ccc(Sc2cccc(C(F)(F)F)c2)c1Cl. The number of nitrogens with zero attached hydrogens (tertiary/aromatic N) is 1. The lowest BCUT2D eigenvalue weighted by molar-refractivity contribution is -0.137. The fourth-order valence-corrected chi connectivity index (χ4v) is 2.87. The molecule has 0 spiro atoms. The van der Waals surface area contributed by atoms with E-state index in [-0.39, 0.29) is 16.3 Å². The van der Waals surface area contributed by atoms with Crippen LogP contribution in [0.5, 0.6) is 0 Å². The summed E-state index contributed by atoms with van der Waals surface area (Å²) in [5.41, 5.74) is 5.23. The average Bonchev–Trinajstić information content (AvgIpc) is 2.42. The fraction of sp³-hybridized carbons (Fsp3) is 0.0714. The van der Waals surface area contributed by atoms with E-state index in [2.05, 4.69) is 0 Å². The molecule has 0 amide bonds. The minimum atomic E-state index is -4.40. The van der Waals surface area contributed by atoms with Crippen molar-refractivity contribution in [1.82, 2.24) is 0 Å². The Morgan fingerprint density at radius 2 is 1.90 bits per heavy atom. The third kappa shape index (κ3) is 3.43. The molecule has 0 fully saturated rings. The third-order valence-electron chi connectivity index (χ3n) is 2.64. The Morgan fingerprint density at radius 3 is 2.52 bits per heavy atom. The van der Waals surface area contributed by atoms with Gasteiger partial charge in [-0.2, -0.15) is 18.4 Å². The van der Waals surface area contributed by atoms with Gasteiger partial charge in [0.25, 0.3) is 0 Å². The number of hydrogen-bond acceptors (Lipinski definition) is 3. The number of rotatable bonds is 2. The number of benzene rings is 2. The van der Waals surface area contributed by atoms with E-state index in [1.165, 1.54) is 12.1 Å². The van der Waals surface area contributed by atoms with Crippen molar-refractivity contribution < 1.29 is 13.2 Å². The van der Waals surface area contributed by atoms with Crippen LogP contribution in [0.15, 0.2) is 46.2 Å². The second kappa shape index (κ2) is 5.88. The Hall–Kier alpha value is -1.84. The Bertz CT molecular complexity index is 723. The number of nitrogens with two attached hydrogens (primary N) is 1. The van der Waals surface area contributed by atoms with Crippen LogP contribution in [-0.2, 0) is 6.18 Å². The van der Waals surface area contributed by atoms with Gasteiger partial charge in [-0.25, -0.2) is 0 Å². The van der Waals surface area contributed by atoms with Crippen molar-refractivity contribution in [2.75, 3.05) is 5.73 Å². The van der Waals surface area contributed by atoms with E-state index in [9.17, 15) is 13.2 Å². The van der Waals surface area contributed by atoms with Crippen LogP contribution in [0.25, 0.3) is 0 Å². The Kier molecular flexibility index (Phi) is 4.35. The van der Waals surface area contributed by atoms with E-state index < -0.39 is 11.7 Å². The van der Waals surface area contributed by atoms with Crippen LogP contribution in [0.1, 0.15) is 11.1 Å². The largest absolute Gasteiger partial charge is 0.416 e. The van der Waals surface area contributed by atoms with E-state index >= 15 is 0 Å². The number of nitrogen functional groups attached to an aromatic ring is 1. The van der Waals surface area contributed by atoms with E-state index in [0.29, 0.717) is 9.79 Å². The lowest BCUT2D eigenvalue weighted by atomic mass is 10.2. The van der Waals surface area contributed by atoms with Gasteiger partial charge in [0.2, 0.25) is 0 Å². The Morgan fingerprint density at radius 1 is 1.19 bits per heavy atom. The van der Waals surface area contributed by atoms with Crippen LogP contribution in [0.4, 0.5) is 18.9 Å². The maximum absolute atomic E-state index is 12.7. The number of hydrogen-bond donors (Lipinski definition) is 1. The summed E-state index contributed by atoms with van der Waals surface area (Å²) in [7, 11) is 0. The van der Waals surface area contributed by atoms with Gasteiger partial charge >= 0.3 is 6.18 Å². The van der Waals surface area contributed by atoms with Crippen LogP contribution >= 0.6 is 23.4 Å². The van der Waals surface area contributed by atoms with E-state index in [4.69, 9.17) is 22.6 Å². The third-order valence-corrected chi connectivity index (χ3v) is 4.19. The molecule has 2 N–H and O–H groups in total. The van der Waals surface area contributed by atoms with Crippen molar-refractivity contribution >= 4 is 29.1 Å². The highest BCUT2D eigenvalue weighted by Crippen LogP contribution is 2.39. The molecular weight excluding hydrogens is 321 g/mol. The number of alkyl halides is 3. The molecule has 0 heterocycles. The van der Waals surface area contributed by atoms with Crippen LogP contribution in [0.3, 0.4) is 0 Å². The first-order valence-electron chi connectivity index (χ1n) is 5.66. The molecule has 2 nitrogen and oxygen atoms in total. The van der Waals surface area contributed by atoms with Gasteiger partial charge < -0.3 is 5.73 Å². The quantitative estimate of drug-likeness (QED) is 0.792. The summed E-state index contributed by atoms with van der Waals surface area (Å²) in [4.78, 5) is 0.849. The highest BCUT2D eigenvalue weighted by Gasteiger charge is 2.30. The first kappa shape index (κ1) is 15.5. The van der Waals surface area contributed by atoms with E-state index in [1.807, 2.05) is 6.07 Å². The highest BCUT2D eigenvalue weighted by molar-refractivity contribution is 7.99. The zero-order valence-electron chi connectivity index (χ0n) is 10.4. The smallest absolute Gasteiger partial charge is 0.398 e. The molecular formula is C14H8ClF3N2S. The maximum Gasteiger partial charge on any atom is 0.416 e. The molecule has 0 atom stereocenters. The predicted molar refractivity (Wildman–Crippen MR) is 76.1 cm³/mol. The summed E-state index contributed by atoms with van der Waals surface area (Å²) < 4.78 is 38.0. The molecule has 108 valence electrons. The number of nitriles is 1. The lowest BCUT2D eigenvalue weighted by Crippen LogP contribution is -2.04. The van der Waals surface area contributed by atoms with E-state index in [0.717, 1.165) is 23.9 Å². The summed E-state index contributed by atoms with van der Waals surface area (Å²) in [6, 6.07) is 9.84. The molecule has 0 radical (unpaired) electrons. The molecule has 0 aliphatic carbocycles. The molecule has 0 aliphatic heterocycles. The minimum absolute atomic E-state index is 0.119. The van der Waals surface area contributed by atoms with Gasteiger partial charge in [0.1, 0.15) is 6.07 Å². The Labute approximate surface area is 128 Å². The predicted octanol–water partition coefficient (Wildman–Crippen LogP) is 4.96. The van der Waals surface area contributed by atoms with Crippen LogP contribution in [0, 0.1) is 11.3 Å². The van der Waals surface area contributed by atoms with Crippen molar-refractivity contribution in [3.05, 3.63) is 52.5 Å². The molecule has 0 aromatic heterocycles. The van der Waals surface area contributed by atoms with Gasteiger partial charge in [0.05, 0.1) is 21.8 Å². The van der Waals surface area contributed by atoms with Crippen molar-refractivity contribution in [3.8, 4) is 6.07 Å². The van der Waals surface area contributed by atoms with Crippen molar-refractivity contribution in [1.29, 1.82) is 5.26 Å². The molecule has 2 rings (SSSR count). The molecule has 0 aliphatic rings. The summed E-state index contributed by atoms with van der Waals surface area (Å²) in [5, 5.41) is 9.11.